The highest BCUT2D eigenvalue weighted by atomic mass is 16.5. The maximum atomic E-state index is 12.6. The summed E-state index contributed by atoms with van der Waals surface area (Å²) in [5.74, 6) is 0.881. The van der Waals surface area contributed by atoms with Gasteiger partial charge >= 0.3 is 6.03 Å². The summed E-state index contributed by atoms with van der Waals surface area (Å²) in [6.07, 6.45) is 0.860. The molecule has 0 saturated carbocycles. The van der Waals surface area contributed by atoms with Crippen LogP contribution in [0, 0.1) is 0 Å². The van der Waals surface area contributed by atoms with Crippen LogP contribution in [0.1, 0.15) is 16.8 Å². The molecule has 0 aromatic heterocycles. The summed E-state index contributed by atoms with van der Waals surface area (Å²) in [7, 11) is 3.07. The number of urea groups is 1. The number of rotatable bonds is 9. The van der Waals surface area contributed by atoms with Crippen molar-refractivity contribution in [2.75, 3.05) is 64.2 Å². The Morgan fingerprint density at radius 1 is 0.969 bits per heavy atom. The number of ether oxygens (including phenoxy) is 3. The number of hydrogen-bond acceptors (Lipinski definition) is 6. The summed E-state index contributed by atoms with van der Waals surface area (Å²) in [5, 5.41) is 8.41. The molecule has 0 radical (unpaired) electrons. The van der Waals surface area contributed by atoms with Crippen LogP contribution in [-0.2, 0) is 4.74 Å². The third kappa shape index (κ3) is 6.86. The first-order valence-electron chi connectivity index (χ1n) is 10.6. The molecule has 1 saturated heterocycles. The van der Waals surface area contributed by atoms with Crippen molar-refractivity contribution in [3.63, 3.8) is 0 Å². The Labute approximate surface area is 188 Å². The van der Waals surface area contributed by atoms with Crippen molar-refractivity contribution in [1.82, 2.24) is 10.2 Å². The number of hydrogen-bond donors (Lipinski definition) is 3. The van der Waals surface area contributed by atoms with Gasteiger partial charge in [0.15, 0.2) is 0 Å². The highest BCUT2D eigenvalue weighted by Crippen LogP contribution is 2.23. The summed E-state index contributed by atoms with van der Waals surface area (Å²) in [6, 6.07) is 11.5. The minimum atomic E-state index is -0.405. The monoisotopic (exact) mass is 442 g/mol. The topological polar surface area (TPSA) is 101 Å². The van der Waals surface area contributed by atoms with E-state index in [2.05, 4.69) is 20.9 Å². The van der Waals surface area contributed by atoms with Gasteiger partial charge in [-0.3, -0.25) is 9.69 Å². The Morgan fingerprint density at radius 3 is 2.34 bits per heavy atom. The van der Waals surface area contributed by atoms with E-state index in [4.69, 9.17) is 14.2 Å². The van der Waals surface area contributed by atoms with Gasteiger partial charge in [0, 0.05) is 37.1 Å². The molecule has 3 rings (SSSR count). The van der Waals surface area contributed by atoms with Crippen LogP contribution in [0.25, 0.3) is 0 Å². The number of benzene rings is 2. The highest BCUT2D eigenvalue weighted by molar-refractivity contribution is 6.01. The zero-order valence-corrected chi connectivity index (χ0v) is 18.5. The Balaban J connectivity index is 1.50. The minimum absolute atomic E-state index is 0.210. The second-order valence-corrected chi connectivity index (χ2v) is 7.29. The summed E-state index contributed by atoms with van der Waals surface area (Å²) >= 11 is 0. The molecule has 1 fully saturated rings. The molecule has 9 nitrogen and oxygen atoms in total. The zero-order chi connectivity index (χ0) is 22.8. The van der Waals surface area contributed by atoms with Gasteiger partial charge in [-0.2, -0.15) is 0 Å². The summed E-state index contributed by atoms with van der Waals surface area (Å²) in [4.78, 5) is 27.2. The second kappa shape index (κ2) is 11.9. The van der Waals surface area contributed by atoms with Crippen LogP contribution >= 0.6 is 0 Å². The van der Waals surface area contributed by atoms with E-state index in [9.17, 15) is 9.59 Å². The van der Waals surface area contributed by atoms with Crippen LogP contribution in [0.4, 0.5) is 16.2 Å². The SMILES string of the molecule is COc1ccc(NC(=O)Nc2ccc(C(=O)NCCCN3CCOCC3)c(OC)c2)cc1. The van der Waals surface area contributed by atoms with Gasteiger partial charge in [0.1, 0.15) is 11.5 Å². The molecule has 0 atom stereocenters. The normalized spacial score (nSPS) is 13.8. The zero-order valence-electron chi connectivity index (χ0n) is 18.5. The smallest absolute Gasteiger partial charge is 0.323 e. The first kappa shape index (κ1) is 23.4. The first-order valence-corrected chi connectivity index (χ1v) is 10.6. The van der Waals surface area contributed by atoms with Crippen molar-refractivity contribution in [3.05, 3.63) is 48.0 Å². The lowest BCUT2D eigenvalue weighted by molar-refractivity contribution is 0.0374. The summed E-state index contributed by atoms with van der Waals surface area (Å²) in [5.41, 5.74) is 1.56. The number of anilines is 2. The number of nitrogens with zero attached hydrogens (tertiary/aromatic N) is 1. The maximum Gasteiger partial charge on any atom is 0.323 e. The van der Waals surface area contributed by atoms with E-state index in [1.54, 1.807) is 49.6 Å². The third-order valence-electron chi connectivity index (χ3n) is 5.09. The highest BCUT2D eigenvalue weighted by Gasteiger charge is 2.14. The fraction of sp³-hybridized carbons (Fsp3) is 0.391. The fourth-order valence-corrected chi connectivity index (χ4v) is 3.35. The largest absolute Gasteiger partial charge is 0.497 e. The molecule has 2 aromatic carbocycles. The van der Waals surface area contributed by atoms with Crippen molar-refractivity contribution in [2.45, 2.75) is 6.42 Å². The van der Waals surface area contributed by atoms with Crippen LogP contribution in [0.15, 0.2) is 42.5 Å². The van der Waals surface area contributed by atoms with Gasteiger partial charge in [-0.25, -0.2) is 4.79 Å². The maximum absolute atomic E-state index is 12.6. The molecular weight excluding hydrogens is 412 g/mol. The molecule has 2 aromatic rings. The summed E-state index contributed by atoms with van der Waals surface area (Å²) in [6.45, 7) is 4.89. The lowest BCUT2D eigenvalue weighted by Gasteiger charge is -2.26. The van der Waals surface area contributed by atoms with Crippen LogP contribution < -0.4 is 25.4 Å². The third-order valence-corrected chi connectivity index (χ3v) is 5.09. The average molecular weight is 443 g/mol. The Hall–Kier alpha value is -3.30. The van der Waals surface area contributed by atoms with Crippen molar-refractivity contribution in [1.29, 1.82) is 0 Å². The molecule has 0 unspecified atom stereocenters. The van der Waals surface area contributed by atoms with Crippen molar-refractivity contribution < 1.29 is 23.8 Å². The van der Waals surface area contributed by atoms with Gasteiger partial charge in [0.2, 0.25) is 0 Å². The van der Waals surface area contributed by atoms with Gasteiger partial charge in [-0.1, -0.05) is 0 Å². The van der Waals surface area contributed by atoms with Gasteiger partial charge in [0.25, 0.3) is 5.91 Å². The lowest BCUT2D eigenvalue weighted by Crippen LogP contribution is -2.38. The molecule has 0 bridgehead atoms. The minimum Gasteiger partial charge on any atom is -0.497 e. The molecule has 32 heavy (non-hydrogen) atoms. The van der Waals surface area contributed by atoms with Crippen LogP contribution in [0.3, 0.4) is 0 Å². The Bertz CT molecular complexity index is 898. The van der Waals surface area contributed by atoms with E-state index < -0.39 is 6.03 Å². The predicted octanol–water partition coefficient (Wildman–Crippen LogP) is 2.80. The van der Waals surface area contributed by atoms with Gasteiger partial charge < -0.3 is 30.2 Å². The molecule has 9 heteroatoms. The fourth-order valence-electron chi connectivity index (χ4n) is 3.35. The quantitative estimate of drug-likeness (QED) is 0.517. The van der Waals surface area contributed by atoms with E-state index in [0.29, 0.717) is 35.0 Å². The Kier molecular flexibility index (Phi) is 8.70. The first-order chi connectivity index (χ1) is 15.6. The number of amides is 3. The molecule has 0 aliphatic carbocycles. The number of methoxy groups -OCH3 is 2. The van der Waals surface area contributed by atoms with Crippen LogP contribution in [0.2, 0.25) is 0 Å². The van der Waals surface area contributed by atoms with Crippen LogP contribution in [-0.4, -0.2) is 70.5 Å². The van der Waals surface area contributed by atoms with Gasteiger partial charge in [-0.05, 0) is 49.4 Å². The van der Waals surface area contributed by atoms with E-state index >= 15 is 0 Å². The van der Waals surface area contributed by atoms with Crippen molar-refractivity contribution >= 4 is 23.3 Å². The van der Waals surface area contributed by atoms with E-state index in [1.165, 1.54) is 7.11 Å². The Morgan fingerprint density at radius 2 is 1.66 bits per heavy atom. The van der Waals surface area contributed by atoms with E-state index in [-0.39, 0.29) is 5.91 Å². The molecular formula is C23H30N4O5. The molecule has 3 amide bonds. The average Bonchev–Trinajstić information content (AvgIpc) is 2.82. The van der Waals surface area contributed by atoms with Gasteiger partial charge in [0.05, 0.1) is 33.0 Å². The van der Waals surface area contributed by atoms with E-state index in [0.717, 1.165) is 39.3 Å². The van der Waals surface area contributed by atoms with Crippen LogP contribution in [0.5, 0.6) is 11.5 Å². The van der Waals surface area contributed by atoms with Gasteiger partial charge in [-0.15, -0.1) is 0 Å². The lowest BCUT2D eigenvalue weighted by atomic mass is 10.1. The molecule has 1 heterocycles. The number of carbonyl (C=O) groups excluding carboxylic acids is 2. The second-order valence-electron chi connectivity index (χ2n) is 7.29. The number of carbonyl (C=O) groups is 2. The summed E-state index contributed by atoms with van der Waals surface area (Å²) < 4.78 is 15.8. The van der Waals surface area contributed by atoms with Crippen molar-refractivity contribution in [2.24, 2.45) is 0 Å². The molecule has 1 aliphatic heterocycles. The molecule has 1 aliphatic rings. The number of nitrogens with one attached hydrogen (secondary N) is 3. The predicted molar refractivity (Wildman–Crippen MR) is 123 cm³/mol. The molecule has 3 N–H and O–H groups in total. The molecule has 0 spiro atoms. The molecule has 172 valence electrons. The van der Waals surface area contributed by atoms with Crippen molar-refractivity contribution in [3.8, 4) is 11.5 Å². The van der Waals surface area contributed by atoms with E-state index in [1.807, 2.05) is 0 Å². The standard InChI is InChI=1S/C23H30N4O5/c1-30-19-7-4-17(5-8-19)25-23(29)26-18-6-9-20(21(16-18)31-2)22(28)24-10-3-11-27-12-14-32-15-13-27/h4-9,16H,3,10-15H2,1-2H3,(H,24,28)(H2,25,26,29). The number of morpholine rings is 1.